The Bertz CT molecular complexity index is 717. The molecule has 0 aromatic carbocycles. The average Bonchev–Trinajstić information content (AvgIpc) is 2.92. The minimum absolute atomic E-state index is 0.152. The van der Waals surface area contributed by atoms with Gasteiger partial charge in [0.25, 0.3) is 5.88 Å². The predicted octanol–water partition coefficient (Wildman–Crippen LogP) is 0.775. The third-order valence-corrected chi connectivity index (χ3v) is 3.31. The van der Waals surface area contributed by atoms with E-state index in [1.165, 1.54) is 0 Å². The maximum atomic E-state index is 12.0. The van der Waals surface area contributed by atoms with E-state index in [0.717, 1.165) is 0 Å². The third-order valence-electron chi connectivity index (χ3n) is 3.31. The number of carbonyl (C=O) groups is 1. The summed E-state index contributed by atoms with van der Waals surface area (Å²) in [6.45, 7) is 7.41. The summed E-state index contributed by atoms with van der Waals surface area (Å²) in [5.41, 5.74) is -0.144. The van der Waals surface area contributed by atoms with Gasteiger partial charge in [0.15, 0.2) is 5.82 Å². The van der Waals surface area contributed by atoms with Crippen LogP contribution in [0.4, 0.5) is 10.6 Å². The molecular weight excluding hydrogens is 304 g/mol. The van der Waals surface area contributed by atoms with Crippen molar-refractivity contribution in [1.29, 1.82) is 0 Å². The molecule has 0 radical (unpaired) electrons. The van der Waals surface area contributed by atoms with Crippen molar-refractivity contribution < 1.29 is 19.3 Å². The van der Waals surface area contributed by atoms with Gasteiger partial charge in [-0.25, -0.2) is 9.42 Å². The number of aromatic hydroxyl groups is 1. The molecule has 0 unspecified atom stereocenters. The molecule has 10 nitrogen and oxygen atoms in total. The van der Waals surface area contributed by atoms with Crippen molar-refractivity contribution in [2.75, 3.05) is 31.1 Å². The fourth-order valence-electron chi connectivity index (χ4n) is 2.26. The number of amides is 1. The molecule has 0 saturated carbocycles. The quantitative estimate of drug-likeness (QED) is 0.812. The normalized spacial score (nSPS) is 16.0. The van der Waals surface area contributed by atoms with Gasteiger partial charge in [0.05, 0.1) is 0 Å². The second-order valence-corrected chi connectivity index (χ2v) is 6.24. The summed E-state index contributed by atoms with van der Waals surface area (Å²) in [7, 11) is 0. The van der Waals surface area contributed by atoms with Crippen LogP contribution in [0.3, 0.4) is 0 Å². The molecule has 1 N–H and O–H groups in total. The molecule has 1 aliphatic heterocycles. The minimum atomic E-state index is -0.525. The topological polar surface area (TPSA) is 118 Å². The SMILES string of the molecule is CC(C)(C)OC(=O)N1CCN(c2nc3nonc3nc2O)CC1. The number of fused-ring (bicyclic) bond motifs is 1. The van der Waals surface area contributed by atoms with E-state index in [1.54, 1.807) is 4.90 Å². The molecule has 3 rings (SSSR count). The molecule has 1 fully saturated rings. The Labute approximate surface area is 132 Å². The van der Waals surface area contributed by atoms with Crippen LogP contribution in [-0.2, 0) is 4.74 Å². The first kappa shape index (κ1) is 15.3. The lowest BCUT2D eigenvalue weighted by atomic mass is 10.2. The van der Waals surface area contributed by atoms with Crippen LogP contribution >= 0.6 is 0 Å². The fourth-order valence-corrected chi connectivity index (χ4v) is 2.26. The van der Waals surface area contributed by atoms with Gasteiger partial charge in [-0.1, -0.05) is 0 Å². The summed E-state index contributed by atoms with van der Waals surface area (Å²) in [4.78, 5) is 23.6. The van der Waals surface area contributed by atoms with E-state index in [4.69, 9.17) is 4.74 Å². The van der Waals surface area contributed by atoms with Crippen molar-refractivity contribution >= 4 is 23.2 Å². The van der Waals surface area contributed by atoms with E-state index in [9.17, 15) is 9.90 Å². The zero-order valence-electron chi connectivity index (χ0n) is 13.2. The van der Waals surface area contributed by atoms with Crippen molar-refractivity contribution in [2.24, 2.45) is 0 Å². The van der Waals surface area contributed by atoms with Crippen LogP contribution in [-0.4, -0.2) is 68.2 Å². The van der Waals surface area contributed by atoms with Gasteiger partial charge in [0, 0.05) is 26.2 Å². The molecule has 23 heavy (non-hydrogen) atoms. The number of carbonyl (C=O) groups excluding carboxylic acids is 1. The highest BCUT2D eigenvalue weighted by molar-refractivity contribution is 5.70. The fraction of sp³-hybridized carbons (Fsp3) is 0.615. The van der Waals surface area contributed by atoms with Crippen molar-refractivity contribution in [3.05, 3.63) is 0 Å². The smallest absolute Gasteiger partial charge is 0.410 e. The zero-order chi connectivity index (χ0) is 16.6. The summed E-state index contributed by atoms with van der Waals surface area (Å²) in [6, 6.07) is 0. The van der Waals surface area contributed by atoms with Crippen LogP contribution in [0.1, 0.15) is 20.8 Å². The third kappa shape index (κ3) is 3.25. The molecule has 2 aromatic heterocycles. The largest absolute Gasteiger partial charge is 0.491 e. The number of ether oxygens (including phenoxy) is 1. The molecule has 1 saturated heterocycles. The molecule has 0 atom stereocenters. The number of nitrogens with zero attached hydrogens (tertiary/aromatic N) is 6. The Morgan fingerprint density at radius 1 is 1.13 bits per heavy atom. The van der Waals surface area contributed by atoms with Gasteiger partial charge in [-0.3, -0.25) is 0 Å². The number of hydrogen-bond donors (Lipinski definition) is 1. The lowest BCUT2D eigenvalue weighted by molar-refractivity contribution is 0.0240. The van der Waals surface area contributed by atoms with Crippen molar-refractivity contribution in [3.8, 4) is 5.88 Å². The first-order valence-electron chi connectivity index (χ1n) is 7.25. The minimum Gasteiger partial charge on any atom is -0.491 e. The van der Waals surface area contributed by atoms with E-state index in [-0.39, 0.29) is 23.3 Å². The lowest BCUT2D eigenvalue weighted by Gasteiger charge is -2.35. The first-order valence-corrected chi connectivity index (χ1v) is 7.25. The van der Waals surface area contributed by atoms with Crippen molar-refractivity contribution in [3.63, 3.8) is 0 Å². The summed E-state index contributed by atoms with van der Waals surface area (Å²) in [5, 5.41) is 17.1. The highest BCUT2D eigenvalue weighted by Crippen LogP contribution is 2.25. The highest BCUT2D eigenvalue weighted by Gasteiger charge is 2.28. The van der Waals surface area contributed by atoms with E-state index < -0.39 is 5.60 Å². The van der Waals surface area contributed by atoms with Crippen LogP contribution in [0.2, 0.25) is 0 Å². The molecule has 0 aliphatic carbocycles. The van der Waals surface area contributed by atoms with Gasteiger partial charge < -0.3 is 19.6 Å². The van der Waals surface area contributed by atoms with Crippen molar-refractivity contribution in [1.82, 2.24) is 25.2 Å². The van der Waals surface area contributed by atoms with Gasteiger partial charge in [-0.05, 0) is 31.1 Å². The molecule has 0 spiro atoms. The van der Waals surface area contributed by atoms with Crippen molar-refractivity contribution in [2.45, 2.75) is 26.4 Å². The summed E-state index contributed by atoms with van der Waals surface area (Å²) in [6.07, 6.45) is -0.344. The van der Waals surface area contributed by atoms with Gasteiger partial charge in [-0.2, -0.15) is 9.97 Å². The average molecular weight is 322 g/mol. The van der Waals surface area contributed by atoms with E-state index in [0.29, 0.717) is 32.0 Å². The van der Waals surface area contributed by atoms with Crippen LogP contribution in [0.25, 0.3) is 11.3 Å². The monoisotopic (exact) mass is 322 g/mol. The molecule has 3 heterocycles. The van der Waals surface area contributed by atoms with Crippen LogP contribution in [0, 0.1) is 0 Å². The predicted molar refractivity (Wildman–Crippen MR) is 79.1 cm³/mol. The second-order valence-electron chi connectivity index (χ2n) is 6.24. The molecule has 1 amide bonds. The summed E-state index contributed by atoms with van der Waals surface area (Å²) in [5.74, 6) is 0.0657. The number of piperazine rings is 1. The Balaban J connectivity index is 1.68. The van der Waals surface area contributed by atoms with E-state index in [1.807, 2.05) is 25.7 Å². The molecule has 2 aromatic rings. The summed E-state index contributed by atoms with van der Waals surface area (Å²) >= 11 is 0. The maximum Gasteiger partial charge on any atom is 0.410 e. The van der Waals surface area contributed by atoms with Gasteiger partial charge in [-0.15, -0.1) is 0 Å². The van der Waals surface area contributed by atoms with Crippen LogP contribution in [0.15, 0.2) is 4.63 Å². The number of hydrogen-bond acceptors (Lipinski definition) is 9. The zero-order valence-corrected chi connectivity index (χ0v) is 13.2. The summed E-state index contributed by atoms with van der Waals surface area (Å²) < 4.78 is 9.88. The van der Waals surface area contributed by atoms with E-state index in [2.05, 4.69) is 24.9 Å². The Morgan fingerprint density at radius 3 is 2.35 bits per heavy atom. The van der Waals surface area contributed by atoms with Crippen LogP contribution < -0.4 is 4.90 Å². The Morgan fingerprint density at radius 2 is 1.74 bits per heavy atom. The lowest BCUT2D eigenvalue weighted by Crippen LogP contribution is -2.50. The van der Waals surface area contributed by atoms with E-state index >= 15 is 0 Å². The molecule has 0 bridgehead atoms. The molecule has 124 valence electrons. The standard InChI is InChI=1S/C13H18N6O4/c1-13(2,3)22-12(21)19-6-4-18(5-7-19)10-11(20)15-9-8(14-10)16-23-17-9/h4-7H2,1-3H3,(H,15,17,20). The first-order chi connectivity index (χ1) is 10.8. The Kier molecular flexibility index (Phi) is 3.66. The van der Waals surface area contributed by atoms with Gasteiger partial charge in [0.1, 0.15) is 5.60 Å². The van der Waals surface area contributed by atoms with Crippen LogP contribution in [0.5, 0.6) is 5.88 Å². The van der Waals surface area contributed by atoms with Gasteiger partial charge in [0.2, 0.25) is 11.3 Å². The molecule has 1 aliphatic rings. The second kappa shape index (κ2) is 5.52. The number of anilines is 1. The maximum absolute atomic E-state index is 12.0. The number of rotatable bonds is 1. The molecule has 10 heteroatoms. The van der Waals surface area contributed by atoms with Gasteiger partial charge >= 0.3 is 6.09 Å². The Hall–Kier alpha value is -2.65. The number of aromatic nitrogens is 4. The highest BCUT2D eigenvalue weighted by atomic mass is 16.6. The molecular formula is C13H18N6O4.